The number of rotatable bonds is 7. The van der Waals surface area contributed by atoms with Crippen LogP contribution in [0.3, 0.4) is 0 Å². The molecule has 4 N–H and O–H groups in total. The first kappa shape index (κ1) is 23.8. The number of pyridine rings is 1. The largest absolute Gasteiger partial charge is 0.487 e. The lowest BCUT2D eigenvalue weighted by Crippen LogP contribution is -2.51. The molecule has 3 aromatic rings. The fraction of sp³-hybridized carbons (Fsp3) is 0.261. The summed E-state index contributed by atoms with van der Waals surface area (Å²) < 4.78 is 44.1. The predicted octanol–water partition coefficient (Wildman–Crippen LogP) is 4.40. The zero-order valence-electron chi connectivity index (χ0n) is 17.9. The van der Waals surface area contributed by atoms with Gasteiger partial charge >= 0.3 is 12.1 Å². The van der Waals surface area contributed by atoms with Crippen LogP contribution in [0.5, 0.6) is 5.75 Å². The normalized spacial score (nSPS) is 13.4. The van der Waals surface area contributed by atoms with Gasteiger partial charge in [0.1, 0.15) is 23.6 Å². The molecule has 0 spiro atoms. The van der Waals surface area contributed by atoms with E-state index >= 15 is 0 Å². The van der Waals surface area contributed by atoms with Crippen molar-refractivity contribution in [1.29, 1.82) is 0 Å². The SMILES string of the molecule is CCC(C)(NC(=O)c1cc(N)c2ccccc2c1OCc1ccc(C(F)(F)F)nc1)C(=O)O. The number of aromatic nitrogens is 1. The van der Waals surface area contributed by atoms with Crippen molar-refractivity contribution in [3.05, 3.63) is 65.5 Å². The average Bonchev–Trinajstić information content (AvgIpc) is 2.77. The molecule has 33 heavy (non-hydrogen) atoms. The molecular formula is C23H22F3N3O4. The van der Waals surface area contributed by atoms with Gasteiger partial charge in [-0.05, 0) is 25.5 Å². The van der Waals surface area contributed by atoms with Gasteiger partial charge in [0.2, 0.25) is 0 Å². The Bertz CT molecular complexity index is 1200. The van der Waals surface area contributed by atoms with Crippen LogP contribution in [0.4, 0.5) is 18.9 Å². The van der Waals surface area contributed by atoms with Gasteiger partial charge in [-0.2, -0.15) is 13.2 Å². The number of carboxylic acid groups (broad SMARTS) is 1. The molecule has 2 aromatic carbocycles. The lowest BCUT2D eigenvalue weighted by molar-refractivity contribution is -0.144. The summed E-state index contributed by atoms with van der Waals surface area (Å²) in [6, 6.07) is 10.3. The van der Waals surface area contributed by atoms with Crippen LogP contribution in [0.25, 0.3) is 10.8 Å². The number of nitrogen functional groups attached to an aromatic ring is 1. The molecule has 174 valence electrons. The van der Waals surface area contributed by atoms with E-state index in [9.17, 15) is 27.9 Å². The van der Waals surface area contributed by atoms with Crippen molar-refractivity contribution in [2.24, 2.45) is 0 Å². The van der Waals surface area contributed by atoms with Crippen molar-refractivity contribution in [2.75, 3.05) is 5.73 Å². The molecule has 0 aliphatic heterocycles. The van der Waals surface area contributed by atoms with E-state index in [1.54, 1.807) is 31.2 Å². The second kappa shape index (κ2) is 8.97. The minimum atomic E-state index is -4.56. The number of carboxylic acids is 1. The number of nitrogens with one attached hydrogen (secondary N) is 1. The number of halogens is 3. The van der Waals surface area contributed by atoms with Gasteiger partial charge < -0.3 is 20.9 Å². The van der Waals surface area contributed by atoms with Gasteiger partial charge in [-0.25, -0.2) is 4.79 Å². The zero-order chi connectivity index (χ0) is 24.4. The number of amides is 1. The number of hydrogen-bond donors (Lipinski definition) is 3. The Kier molecular flexibility index (Phi) is 6.48. The number of carbonyl (C=O) groups excluding carboxylic acids is 1. The fourth-order valence-corrected chi connectivity index (χ4v) is 3.14. The summed E-state index contributed by atoms with van der Waals surface area (Å²) in [6.07, 6.45) is -3.39. The van der Waals surface area contributed by atoms with E-state index in [1.807, 2.05) is 0 Å². The molecule has 3 rings (SSSR count). The molecule has 0 saturated carbocycles. The lowest BCUT2D eigenvalue weighted by Gasteiger charge is -2.25. The monoisotopic (exact) mass is 461 g/mol. The standard InChI is InChI=1S/C23H22F3N3O4/c1-3-22(2,21(31)32)29-20(30)16-10-17(27)14-6-4-5-7-15(14)19(16)33-12-13-8-9-18(28-11-13)23(24,25)26/h4-11H,3,12,27H2,1-2H3,(H,29,30)(H,31,32). The number of fused-ring (bicyclic) bond motifs is 1. The molecule has 0 radical (unpaired) electrons. The van der Waals surface area contributed by atoms with E-state index < -0.39 is 29.3 Å². The first-order valence-electron chi connectivity index (χ1n) is 9.98. The number of benzene rings is 2. The highest BCUT2D eigenvalue weighted by Crippen LogP contribution is 2.35. The molecule has 0 bridgehead atoms. The van der Waals surface area contributed by atoms with Crippen LogP contribution in [0.15, 0.2) is 48.7 Å². The van der Waals surface area contributed by atoms with Crippen molar-refractivity contribution < 1.29 is 32.6 Å². The summed E-state index contributed by atoms with van der Waals surface area (Å²) in [6.45, 7) is 2.83. The number of carbonyl (C=O) groups is 2. The Hall–Kier alpha value is -3.82. The van der Waals surface area contributed by atoms with Gasteiger partial charge in [0, 0.05) is 28.2 Å². The van der Waals surface area contributed by atoms with E-state index in [2.05, 4.69) is 10.3 Å². The highest BCUT2D eigenvalue weighted by atomic mass is 19.4. The second-order valence-corrected chi connectivity index (χ2v) is 7.67. The van der Waals surface area contributed by atoms with Crippen LogP contribution in [0.1, 0.15) is 41.9 Å². The molecule has 1 aromatic heterocycles. The maximum absolute atomic E-state index is 13.1. The van der Waals surface area contributed by atoms with Crippen LogP contribution in [0.2, 0.25) is 0 Å². The van der Waals surface area contributed by atoms with Crippen LogP contribution >= 0.6 is 0 Å². The van der Waals surface area contributed by atoms with Gasteiger partial charge in [-0.3, -0.25) is 9.78 Å². The van der Waals surface area contributed by atoms with Crippen molar-refractivity contribution in [3.63, 3.8) is 0 Å². The van der Waals surface area contributed by atoms with Crippen LogP contribution in [0, 0.1) is 0 Å². The second-order valence-electron chi connectivity index (χ2n) is 7.67. The number of alkyl halides is 3. The van der Waals surface area contributed by atoms with Gasteiger partial charge in [-0.1, -0.05) is 37.3 Å². The topological polar surface area (TPSA) is 115 Å². The number of nitrogens with two attached hydrogens (primary N) is 1. The molecule has 0 fully saturated rings. The third kappa shape index (κ3) is 5.00. The summed E-state index contributed by atoms with van der Waals surface area (Å²) in [4.78, 5) is 28.1. The van der Waals surface area contributed by atoms with Crippen LogP contribution in [-0.2, 0) is 17.6 Å². The Labute approximate surface area is 187 Å². The number of aliphatic carboxylic acids is 1. The molecule has 0 saturated heterocycles. The molecule has 1 atom stereocenters. The first-order valence-corrected chi connectivity index (χ1v) is 9.98. The third-order valence-electron chi connectivity index (χ3n) is 5.34. The Morgan fingerprint density at radius 3 is 2.36 bits per heavy atom. The number of ether oxygens (including phenoxy) is 1. The predicted molar refractivity (Wildman–Crippen MR) is 116 cm³/mol. The van der Waals surface area contributed by atoms with E-state index in [-0.39, 0.29) is 30.0 Å². The molecule has 1 unspecified atom stereocenters. The summed E-state index contributed by atoms with van der Waals surface area (Å²) >= 11 is 0. The first-order chi connectivity index (χ1) is 15.5. The summed E-state index contributed by atoms with van der Waals surface area (Å²) in [5.41, 5.74) is 4.20. The highest BCUT2D eigenvalue weighted by Gasteiger charge is 2.34. The number of nitrogens with zero attached hydrogens (tertiary/aromatic N) is 1. The van der Waals surface area contributed by atoms with Crippen molar-refractivity contribution in [3.8, 4) is 5.75 Å². The molecule has 1 heterocycles. The van der Waals surface area contributed by atoms with Crippen LogP contribution < -0.4 is 15.8 Å². The summed E-state index contributed by atoms with van der Waals surface area (Å²) in [7, 11) is 0. The number of hydrogen-bond acceptors (Lipinski definition) is 5. The smallest absolute Gasteiger partial charge is 0.433 e. The van der Waals surface area contributed by atoms with Gasteiger partial charge in [0.05, 0.1) is 5.56 Å². The molecule has 7 nitrogen and oxygen atoms in total. The Balaban J connectivity index is 1.99. The average molecular weight is 461 g/mol. The van der Waals surface area contributed by atoms with E-state index in [0.717, 1.165) is 12.3 Å². The highest BCUT2D eigenvalue weighted by molar-refractivity contribution is 6.09. The maximum Gasteiger partial charge on any atom is 0.433 e. The van der Waals surface area contributed by atoms with Crippen molar-refractivity contribution in [2.45, 2.75) is 38.6 Å². The minimum Gasteiger partial charge on any atom is -0.487 e. The minimum absolute atomic E-state index is 0.00648. The molecule has 1 amide bonds. The fourth-order valence-electron chi connectivity index (χ4n) is 3.14. The lowest BCUT2D eigenvalue weighted by atomic mass is 9.97. The third-order valence-corrected chi connectivity index (χ3v) is 5.34. The Morgan fingerprint density at radius 2 is 1.82 bits per heavy atom. The Morgan fingerprint density at radius 1 is 1.15 bits per heavy atom. The van der Waals surface area contributed by atoms with Crippen molar-refractivity contribution in [1.82, 2.24) is 10.3 Å². The van der Waals surface area contributed by atoms with Gasteiger partial charge in [-0.15, -0.1) is 0 Å². The van der Waals surface area contributed by atoms with E-state index in [0.29, 0.717) is 16.3 Å². The molecular weight excluding hydrogens is 439 g/mol. The number of anilines is 1. The van der Waals surface area contributed by atoms with E-state index in [1.165, 1.54) is 19.1 Å². The summed E-state index contributed by atoms with van der Waals surface area (Å²) in [5.74, 6) is -1.79. The summed E-state index contributed by atoms with van der Waals surface area (Å²) in [5, 5.41) is 13.1. The van der Waals surface area contributed by atoms with Crippen LogP contribution in [-0.4, -0.2) is 27.5 Å². The van der Waals surface area contributed by atoms with E-state index in [4.69, 9.17) is 10.5 Å². The quantitative estimate of drug-likeness (QED) is 0.450. The van der Waals surface area contributed by atoms with Gasteiger partial charge in [0.25, 0.3) is 5.91 Å². The van der Waals surface area contributed by atoms with Gasteiger partial charge in [0.15, 0.2) is 0 Å². The molecule has 0 aliphatic carbocycles. The molecule has 0 aliphatic rings. The maximum atomic E-state index is 13.1. The molecule has 10 heteroatoms. The zero-order valence-corrected chi connectivity index (χ0v) is 17.9. The van der Waals surface area contributed by atoms with Crippen molar-refractivity contribution >= 4 is 28.3 Å².